The molecule has 0 saturated heterocycles. The molecule has 0 spiro atoms. The first kappa shape index (κ1) is 21.8. The van der Waals surface area contributed by atoms with E-state index in [0.29, 0.717) is 34.1 Å². The van der Waals surface area contributed by atoms with E-state index in [1.54, 1.807) is 54.6 Å². The number of ether oxygens (including phenoxy) is 3. The summed E-state index contributed by atoms with van der Waals surface area (Å²) >= 11 is 0. The number of amides is 2. The number of nitrogens with two attached hydrogens (primary N) is 1. The van der Waals surface area contributed by atoms with Crippen molar-refractivity contribution in [2.75, 3.05) is 19.6 Å². The van der Waals surface area contributed by atoms with Gasteiger partial charge in [-0.05, 0) is 53.6 Å². The molecule has 0 radical (unpaired) electrons. The minimum Gasteiger partial charge on any atom is -0.493 e. The Morgan fingerprint density at radius 1 is 1.06 bits per heavy atom. The summed E-state index contributed by atoms with van der Waals surface area (Å²) in [6, 6.07) is 19.3. The lowest BCUT2D eigenvalue weighted by Crippen LogP contribution is -2.34. The highest BCUT2D eigenvalue weighted by Crippen LogP contribution is 2.42. The molecule has 0 aromatic heterocycles. The van der Waals surface area contributed by atoms with Crippen LogP contribution in [0.5, 0.6) is 17.2 Å². The lowest BCUT2D eigenvalue weighted by molar-refractivity contribution is -0.117. The highest BCUT2D eigenvalue weighted by Gasteiger charge is 2.21. The Balaban J connectivity index is 1.62. The third-order valence-electron chi connectivity index (χ3n) is 4.92. The van der Waals surface area contributed by atoms with Crippen LogP contribution in [-0.4, -0.2) is 25.7 Å². The average molecular weight is 445 g/mol. The van der Waals surface area contributed by atoms with Gasteiger partial charge >= 0.3 is 0 Å². The minimum atomic E-state index is -0.460. The lowest BCUT2D eigenvalue weighted by Gasteiger charge is -2.12. The number of hydrogen-bond acceptors (Lipinski definition) is 6. The second-order valence-electron chi connectivity index (χ2n) is 7.26. The summed E-state index contributed by atoms with van der Waals surface area (Å²) in [6.07, 6.45) is 1.56. The molecule has 8 nitrogen and oxygen atoms in total. The summed E-state index contributed by atoms with van der Waals surface area (Å²) < 4.78 is 16.3. The van der Waals surface area contributed by atoms with Crippen LogP contribution in [0.15, 0.2) is 72.4 Å². The van der Waals surface area contributed by atoms with E-state index < -0.39 is 11.8 Å². The zero-order chi connectivity index (χ0) is 23.2. The molecule has 0 atom stereocenters. The summed E-state index contributed by atoms with van der Waals surface area (Å²) in [5.74, 6) is 0.585. The summed E-state index contributed by atoms with van der Waals surface area (Å²) in [6.45, 7) is 0.323. The number of fused-ring (bicyclic) bond motifs is 1. The Morgan fingerprint density at radius 3 is 2.64 bits per heavy atom. The summed E-state index contributed by atoms with van der Waals surface area (Å²) in [7, 11) is 1.52. The first-order valence-electron chi connectivity index (χ1n) is 10.2. The van der Waals surface area contributed by atoms with Crippen LogP contribution in [0, 0.1) is 0 Å². The van der Waals surface area contributed by atoms with Crippen molar-refractivity contribution in [1.82, 2.24) is 10.6 Å². The van der Waals surface area contributed by atoms with Crippen molar-refractivity contribution in [3.8, 4) is 17.2 Å². The molecule has 0 bridgehead atoms. The van der Waals surface area contributed by atoms with Crippen molar-refractivity contribution < 1.29 is 23.8 Å². The highest BCUT2D eigenvalue weighted by molar-refractivity contribution is 6.05. The van der Waals surface area contributed by atoms with Gasteiger partial charge in [0.15, 0.2) is 11.5 Å². The molecular weight excluding hydrogens is 422 g/mol. The van der Waals surface area contributed by atoms with Crippen LogP contribution in [-0.2, 0) is 11.3 Å². The van der Waals surface area contributed by atoms with Gasteiger partial charge < -0.3 is 30.6 Å². The van der Waals surface area contributed by atoms with Crippen molar-refractivity contribution in [3.63, 3.8) is 0 Å². The molecule has 1 aliphatic heterocycles. The van der Waals surface area contributed by atoms with Gasteiger partial charge in [-0.1, -0.05) is 30.3 Å². The lowest BCUT2D eigenvalue weighted by atomic mass is 10.1. The Labute approximate surface area is 191 Å². The van der Waals surface area contributed by atoms with E-state index in [1.807, 2.05) is 18.2 Å². The van der Waals surface area contributed by atoms with Crippen molar-refractivity contribution in [3.05, 3.63) is 89.1 Å². The monoisotopic (exact) mass is 445 g/mol. The molecule has 1 heterocycles. The van der Waals surface area contributed by atoms with Gasteiger partial charge in [-0.2, -0.15) is 0 Å². The van der Waals surface area contributed by atoms with Gasteiger partial charge in [0.25, 0.3) is 11.8 Å². The molecule has 2 amide bonds. The Kier molecular flexibility index (Phi) is 6.45. The second kappa shape index (κ2) is 9.78. The third kappa shape index (κ3) is 5.24. The smallest absolute Gasteiger partial charge is 0.268 e. The summed E-state index contributed by atoms with van der Waals surface area (Å²) in [4.78, 5) is 25.8. The first-order chi connectivity index (χ1) is 16.0. The molecule has 4 N–H and O–H groups in total. The normalized spacial score (nSPS) is 12.2. The number of nitrogen functional groups attached to an aromatic ring is 1. The van der Waals surface area contributed by atoms with E-state index in [9.17, 15) is 9.59 Å². The largest absolute Gasteiger partial charge is 0.493 e. The molecule has 0 saturated carbocycles. The van der Waals surface area contributed by atoms with Crippen LogP contribution in [0.25, 0.3) is 6.08 Å². The number of benzene rings is 3. The number of methoxy groups -OCH3 is 1. The van der Waals surface area contributed by atoms with Gasteiger partial charge in [-0.25, -0.2) is 0 Å². The van der Waals surface area contributed by atoms with E-state index in [-0.39, 0.29) is 19.0 Å². The molecule has 0 unspecified atom stereocenters. The van der Waals surface area contributed by atoms with Crippen LogP contribution in [0.3, 0.4) is 0 Å². The number of carbonyl (C=O) groups excluding carboxylic acids is 2. The van der Waals surface area contributed by atoms with Crippen molar-refractivity contribution in [2.24, 2.45) is 0 Å². The van der Waals surface area contributed by atoms with E-state index in [1.165, 1.54) is 7.11 Å². The standard InChI is InChI=1S/C25H23N3O5/c1-31-21-12-17(13-22-23(21)33-15-32-22)11-20(28-24(29)18-7-3-2-4-8-18)25(30)27-14-16-6-5-9-19(26)10-16/h2-13H,14-15,26H2,1H3,(H,27,30)(H,28,29)/b20-11-. The maximum absolute atomic E-state index is 13.0. The fraction of sp³-hybridized carbons (Fsp3) is 0.120. The van der Waals surface area contributed by atoms with Crippen molar-refractivity contribution in [2.45, 2.75) is 6.54 Å². The zero-order valence-corrected chi connectivity index (χ0v) is 18.0. The first-order valence-corrected chi connectivity index (χ1v) is 10.2. The number of hydrogen-bond donors (Lipinski definition) is 3. The van der Waals surface area contributed by atoms with E-state index in [0.717, 1.165) is 5.56 Å². The number of nitrogens with one attached hydrogen (secondary N) is 2. The van der Waals surface area contributed by atoms with E-state index in [2.05, 4.69) is 10.6 Å². The molecule has 0 fully saturated rings. The Hall–Kier alpha value is -4.46. The van der Waals surface area contributed by atoms with Crippen LogP contribution in [0.4, 0.5) is 5.69 Å². The molecule has 1 aliphatic rings. The van der Waals surface area contributed by atoms with E-state index >= 15 is 0 Å². The topological polar surface area (TPSA) is 112 Å². The van der Waals surface area contributed by atoms with Gasteiger partial charge in [-0.15, -0.1) is 0 Å². The van der Waals surface area contributed by atoms with Crippen LogP contribution in [0.2, 0.25) is 0 Å². The molecular formula is C25H23N3O5. The summed E-state index contributed by atoms with van der Waals surface area (Å²) in [5, 5.41) is 5.53. The molecule has 168 valence electrons. The number of rotatable bonds is 7. The number of carbonyl (C=O) groups is 2. The van der Waals surface area contributed by atoms with Crippen LogP contribution in [0.1, 0.15) is 21.5 Å². The quantitative estimate of drug-likeness (QED) is 0.381. The molecule has 33 heavy (non-hydrogen) atoms. The minimum absolute atomic E-state index is 0.0636. The molecule has 4 rings (SSSR count). The fourth-order valence-corrected chi connectivity index (χ4v) is 3.32. The van der Waals surface area contributed by atoms with Crippen molar-refractivity contribution >= 4 is 23.6 Å². The fourth-order valence-electron chi connectivity index (χ4n) is 3.32. The predicted octanol–water partition coefficient (Wildman–Crippen LogP) is 3.09. The number of anilines is 1. The van der Waals surface area contributed by atoms with Gasteiger partial charge in [0.2, 0.25) is 12.5 Å². The Morgan fingerprint density at radius 2 is 1.88 bits per heavy atom. The maximum atomic E-state index is 13.0. The second-order valence-corrected chi connectivity index (χ2v) is 7.26. The van der Waals surface area contributed by atoms with Gasteiger partial charge in [0.1, 0.15) is 5.70 Å². The van der Waals surface area contributed by atoms with Gasteiger partial charge in [0.05, 0.1) is 7.11 Å². The van der Waals surface area contributed by atoms with Gasteiger partial charge in [-0.3, -0.25) is 9.59 Å². The maximum Gasteiger partial charge on any atom is 0.268 e. The predicted molar refractivity (Wildman–Crippen MR) is 124 cm³/mol. The SMILES string of the molecule is COc1cc(/C=C(\NC(=O)c2ccccc2)C(=O)NCc2cccc(N)c2)cc2c1OCO2. The zero-order valence-electron chi connectivity index (χ0n) is 18.0. The van der Waals surface area contributed by atoms with Crippen molar-refractivity contribution in [1.29, 1.82) is 0 Å². The molecule has 0 aliphatic carbocycles. The van der Waals surface area contributed by atoms with E-state index in [4.69, 9.17) is 19.9 Å². The average Bonchev–Trinajstić information content (AvgIpc) is 3.31. The third-order valence-corrected chi connectivity index (χ3v) is 4.92. The molecule has 3 aromatic rings. The Bertz CT molecular complexity index is 1210. The molecule has 8 heteroatoms. The van der Waals surface area contributed by atoms with Gasteiger partial charge in [0, 0.05) is 17.8 Å². The molecule has 3 aromatic carbocycles. The van der Waals surface area contributed by atoms with Crippen LogP contribution >= 0.6 is 0 Å². The highest BCUT2D eigenvalue weighted by atomic mass is 16.7. The van der Waals surface area contributed by atoms with Crippen LogP contribution < -0.4 is 30.6 Å². The summed E-state index contributed by atoms with van der Waals surface area (Å²) in [5.41, 5.74) is 8.33.